The van der Waals surface area contributed by atoms with Crippen LogP contribution in [0.25, 0.3) is 0 Å². The average molecular weight is 443 g/mol. The highest BCUT2D eigenvalue weighted by atomic mass is 16.7. The molecule has 2 fully saturated rings. The molecule has 7 nitrogen and oxygen atoms in total. The van der Waals surface area contributed by atoms with Gasteiger partial charge in [0.1, 0.15) is 12.2 Å². The number of methoxy groups -OCH3 is 4. The van der Waals surface area contributed by atoms with Crippen molar-refractivity contribution in [3.8, 4) is 0 Å². The smallest absolute Gasteiger partial charge is 0.174 e. The lowest BCUT2D eigenvalue weighted by molar-refractivity contribution is -0.351. The van der Waals surface area contributed by atoms with E-state index in [4.69, 9.17) is 28.4 Å². The molecule has 0 radical (unpaired) electrons. The molecule has 2 aliphatic heterocycles. The predicted molar refractivity (Wildman–Crippen MR) is 119 cm³/mol. The molecule has 0 aromatic heterocycles. The van der Waals surface area contributed by atoms with Crippen molar-refractivity contribution in [3.05, 3.63) is 23.8 Å². The van der Waals surface area contributed by atoms with Crippen molar-refractivity contribution in [2.24, 2.45) is 11.8 Å². The van der Waals surface area contributed by atoms with E-state index in [-0.39, 0.29) is 48.6 Å². The molecule has 31 heavy (non-hydrogen) atoms. The quantitative estimate of drug-likeness (QED) is 0.491. The Kier molecular flexibility index (Phi) is 10.1. The summed E-state index contributed by atoms with van der Waals surface area (Å²) in [7, 11) is 6.70. The Morgan fingerprint density at radius 3 is 2.35 bits per heavy atom. The van der Waals surface area contributed by atoms with E-state index in [2.05, 4.69) is 13.8 Å². The first-order valence-electron chi connectivity index (χ1n) is 11.3. The van der Waals surface area contributed by atoms with Gasteiger partial charge in [0.05, 0.1) is 18.3 Å². The molecule has 0 aromatic rings. The van der Waals surface area contributed by atoms with Crippen LogP contribution in [0.2, 0.25) is 0 Å². The van der Waals surface area contributed by atoms with Crippen LogP contribution in [-0.2, 0) is 28.4 Å². The zero-order chi connectivity index (χ0) is 23.2. The highest BCUT2D eigenvalue weighted by Gasteiger charge is 2.50. The Hall–Kier alpha value is -0.800. The number of hydrogen-bond donors (Lipinski definition) is 1. The lowest BCUT2D eigenvalue weighted by Crippen LogP contribution is -2.58. The zero-order valence-corrected chi connectivity index (χ0v) is 20.4. The summed E-state index contributed by atoms with van der Waals surface area (Å²) in [6.07, 6.45) is 7.25. The average Bonchev–Trinajstić information content (AvgIpc) is 2.76. The van der Waals surface area contributed by atoms with Gasteiger partial charge in [-0.3, -0.25) is 0 Å². The van der Waals surface area contributed by atoms with Crippen molar-refractivity contribution in [1.29, 1.82) is 0 Å². The van der Waals surface area contributed by atoms with Crippen LogP contribution in [0.3, 0.4) is 0 Å². The van der Waals surface area contributed by atoms with Crippen molar-refractivity contribution in [1.82, 2.24) is 0 Å². The van der Waals surface area contributed by atoms with Gasteiger partial charge in [0, 0.05) is 53.1 Å². The zero-order valence-electron chi connectivity index (χ0n) is 20.4. The summed E-state index contributed by atoms with van der Waals surface area (Å²) in [5, 5.41) is 10.8. The standard InChI is InChI=1S/C24H42O7/c1-9-18(26-5)17(4)20-14-24(25,31-20)16(3)12-10-11-15(2)22-23(29-8)19(27-6)13-21(28-7)30-22/h10-12,16-23,25H,9,13-14H2,1-8H3/b12-10+,15-11+/t16-,17+,18-,19-,20+,21+,22+,23-,24-/m0/s1. The molecule has 2 rings (SSSR count). The van der Waals surface area contributed by atoms with Gasteiger partial charge >= 0.3 is 0 Å². The van der Waals surface area contributed by atoms with Gasteiger partial charge in [0.25, 0.3) is 0 Å². The highest BCUT2D eigenvalue weighted by molar-refractivity contribution is 5.19. The van der Waals surface area contributed by atoms with E-state index in [1.807, 2.05) is 32.1 Å². The third-order valence-corrected chi connectivity index (χ3v) is 6.87. The third-order valence-electron chi connectivity index (χ3n) is 6.87. The van der Waals surface area contributed by atoms with Crippen LogP contribution < -0.4 is 0 Å². The summed E-state index contributed by atoms with van der Waals surface area (Å²) >= 11 is 0. The molecule has 0 spiro atoms. The van der Waals surface area contributed by atoms with E-state index in [1.165, 1.54) is 0 Å². The molecule has 0 aliphatic carbocycles. The second-order valence-electron chi connectivity index (χ2n) is 8.76. The molecule has 2 saturated heterocycles. The lowest BCUT2D eigenvalue weighted by Gasteiger charge is -2.50. The topological polar surface area (TPSA) is 75.6 Å². The molecule has 0 unspecified atom stereocenters. The van der Waals surface area contributed by atoms with Crippen LogP contribution in [0.4, 0.5) is 0 Å². The SMILES string of the molecule is CC[C@H](OC)[C@@H](C)[C@H]1C[C@@](O)([C@@H](C)/C=C/C=C(\C)[C@H]2O[C@@H](OC)C[C@H](OC)[C@@H]2OC)O1. The predicted octanol–water partition coefficient (Wildman–Crippen LogP) is 3.46. The van der Waals surface area contributed by atoms with Crippen molar-refractivity contribution >= 4 is 0 Å². The largest absolute Gasteiger partial charge is 0.381 e. The van der Waals surface area contributed by atoms with Crippen molar-refractivity contribution in [2.75, 3.05) is 28.4 Å². The van der Waals surface area contributed by atoms with Crippen LogP contribution >= 0.6 is 0 Å². The fraction of sp³-hybridized carbons (Fsp3) is 0.833. The van der Waals surface area contributed by atoms with Gasteiger partial charge in [-0.25, -0.2) is 0 Å². The minimum atomic E-state index is -1.14. The van der Waals surface area contributed by atoms with Gasteiger partial charge in [0.15, 0.2) is 12.1 Å². The summed E-state index contributed by atoms with van der Waals surface area (Å²) in [6, 6.07) is 0. The number of aliphatic hydroxyl groups is 1. The second kappa shape index (κ2) is 11.9. The number of hydrogen-bond acceptors (Lipinski definition) is 7. The third kappa shape index (κ3) is 6.16. The summed E-state index contributed by atoms with van der Waals surface area (Å²) < 4.78 is 34.2. The van der Waals surface area contributed by atoms with Crippen LogP contribution in [0.5, 0.6) is 0 Å². The van der Waals surface area contributed by atoms with E-state index < -0.39 is 5.79 Å². The van der Waals surface area contributed by atoms with Crippen molar-refractivity contribution in [2.45, 2.75) is 89.6 Å². The first-order valence-corrected chi connectivity index (χ1v) is 11.3. The number of rotatable bonds is 11. The molecular weight excluding hydrogens is 400 g/mol. The van der Waals surface area contributed by atoms with Gasteiger partial charge in [-0.1, -0.05) is 39.0 Å². The van der Waals surface area contributed by atoms with Crippen LogP contribution in [0.1, 0.15) is 47.0 Å². The molecule has 2 heterocycles. The van der Waals surface area contributed by atoms with Gasteiger partial charge in [-0.05, 0) is 18.9 Å². The fourth-order valence-electron chi connectivity index (χ4n) is 4.58. The molecule has 2 aliphatic rings. The Bertz CT molecular complexity index is 595. The van der Waals surface area contributed by atoms with E-state index in [1.54, 1.807) is 28.4 Å². The minimum Gasteiger partial charge on any atom is -0.381 e. The molecule has 9 atom stereocenters. The van der Waals surface area contributed by atoms with Crippen LogP contribution in [-0.4, -0.2) is 76.1 Å². The maximum atomic E-state index is 10.8. The van der Waals surface area contributed by atoms with Crippen LogP contribution in [0, 0.1) is 11.8 Å². The van der Waals surface area contributed by atoms with E-state index in [0.717, 1.165) is 12.0 Å². The summed E-state index contributed by atoms with van der Waals surface area (Å²) in [5.41, 5.74) is 0.998. The summed E-state index contributed by atoms with van der Waals surface area (Å²) in [4.78, 5) is 0. The Labute approximate surface area is 187 Å². The van der Waals surface area contributed by atoms with Gasteiger partial charge < -0.3 is 33.5 Å². The minimum absolute atomic E-state index is 0.0121. The van der Waals surface area contributed by atoms with E-state index in [0.29, 0.717) is 12.8 Å². The van der Waals surface area contributed by atoms with Gasteiger partial charge in [0.2, 0.25) is 0 Å². The second-order valence-corrected chi connectivity index (χ2v) is 8.76. The highest BCUT2D eigenvalue weighted by Crippen LogP contribution is 2.42. The molecule has 7 heteroatoms. The summed E-state index contributed by atoms with van der Waals surface area (Å²) in [6.45, 7) is 8.18. The first-order chi connectivity index (χ1) is 14.7. The Balaban J connectivity index is 1.98. The molecule has 0 amide bonds. The molecule has 0 saturated carbocycles. The molecule has 1 N–H and O–H groups in total. The Morgan fingerprint density at radius 2 is 1.84 bits per heavy atom. The van der Waals surface area contributed by atoms with Crippen molar-refractivity contribution < 1.29 is 33.5 Å². The normalized spacial score (nSPS) is 37.5. The monoisotopic (exact) mass is 442 g/mol. The number of ether oxygens (including phenoxy) is 6. The molecular formula is C24H42O7. The lowest BCUT2D eigenvalue weighted by atomic mass is 9.81. The maximum absolute atomic E-state index is 10.8. The van der Waals surface area contributed by atoms with Gasteiger partial charge in [-0.15, -0.1) is 0 Å². The van der Waals surface area contributed by atoms with E-state index >= 15 is 0 Å². The first kappa shape index (κ1) is 26.5. The number of allylic oxidation sites excluding steroid dienone is 2. The van der Waals surface area contributed by atoms with Gasteiger partial charge in [-0.2, -0.15) is 0 Å². The molecule has 0 bridgehead atoms. The van der Waals surface area contributed by atoms with Crippen LogP contribution in [0.15, 0.2) is 23.8 Å². The Morgan fingerprint density at radius 1 is 1.16 bits per heavy atom. The summed E-state index contributed by atoms with van der Waals surface area (Å²) in [5.74, 6) is -1.04. The maximum Gasteiger partial charge on any atom is 0.174 e. The molecule has 0 aromatic carbocycles. The van der Waals surface area contributed by atoms with E-state index in [9.17, 15) is 5.11 Å². The van der Waals surface area contributed by atoms with Crippen molar-refractivity contribution in [3.63, 3.8) is 0 Å². The molecule has 180 valence electrons. The fourth-order valence-corrected chi connectivity index (χ4v) is 4.58.